The molecule has 0 fully saturated rings. The topological polar surface area (TPSA) is 63.2 Å². The first-order valence-corrected chi connectivity index (χ1v) is 10.3. The fraction of sp³-hybridized carbons (Fsp3) is 0.148. The number of fused-ring (bicyclic) bond motifs is 1. The van der Waals surface area contributed by atoms with Crippen molar-refractivity contribution in [3.05, 3.63) is 89.2 Å². The van der Waals surface area contributed by atoms with Crippen LogP contribution in [0.25, 0.3) is 12.2 Å². The Hall–Kier alpha value is -4.19. The van der Waals surface area contributed by atoms with E-state index in [1.54, 1.807) is 49.6 Å². The Bertz CT molecular complexity index is 1220. The minimum absolute atomic E-state index is 0.188. The maximum atomic E-state index is 12.9. The summed E-state index contributed by atoms with van der Waals surface area (Å²) in [5, 5.41) is 0. The molecule has 0 amide bonds. The summed E-state index contributed by atoms with van der Waals surface area (Å²) in [5.74, 6) is 2.45. The van der Waals surface area contributed by atoms with Crippen LogP contribution in [0.15, 0.2) is 66.9 Å². The molecule has 0 bridgehead atoms. The molecule has 0 aromatic heterocycles. The van der Waals surface area contributed by atoms with Crippen LogP contribution in [0.2, 0.25) is 0 Å². The van der Waals surface area contributed by atoms with Crippen molar-refractivity contribution in [3.8, 4) is 28.7 Å². The second-order valence-electron chi connectivity index (χ2n) is 7.26. The number of allylic oxidation sites excluding steroid dienone is 1. The maximum Gasteiger partial charge on any atom is 0.231 e. The highest BCUT2D eigenvalue weighted by molar-refractivity contribution is 6.14. The standard InChI is InChI=1S/C27H24O6/c1-5-17-6-8-18(9-7-17)16-32-20-11-12-21-23(15-20)33-24(25(21)28)14-19-10-13-22(29-2)27(31-4)26(19)30-3/h5-15H,1,16H2,2-4H3/b24-14-. The fourth-order valence-corrected chi connectivity index (χ4v) is 3.55. The SMILES string of the molecule is C=Cc1ccc(COc2ccc3c(c2)O/C(=C\c2ccc(OC)c(OC)c2OC)C3=O)cc1. The van der Waals surface area contributed by atoms with Gasteiger partial charge in [0.25, 0.3) is 0 Å². The number of benzene rings is 3. The normalized spacial score (nSPS) is 13.3. The summed E-state index contributed by atoms with van der Waals surface area (Å²) in [6, 6.07) is 16.7. The van der Waals surface area contributed by atoms with Gasteiger partial charge in [-0.2, -0.15) is 0 Å². The molecule has 4 rings (SSSR count). The molecular formula is C27H24O6. The van der Waals surface area contributed by atoms with E-state index >= 15 is 0 Å². The van der Waals surface area contributed by atoms with Gasteiger partial charge in [-0.15, -0.1) is 0 Å². The summed E-state index contributed by atoms with van der Waals surface area (Å²) in [5.41, 5.74) is 3.18. The van der Waals surface area contributed by atoms with Crippen LogP contribution in [-0.2, 0) is 6.61 Å². The number of ether oxygens (including phenoxy) is 5. The summed E-state index contributed by atoms with van der Waals surface area (Å²) in [6.45, 7) is 4.15. The van der Waals surface area contributed by atoms with E-state index in [1.165, 1.54) is 14.2 Å². The Morgan fingerprint density at radius 2 is 1.67 bits per heavy atom. The lowest BCUT2D eigenvalue weighted by molar-refractivity contribution is 0.101. The van der Waals surface area contributed by atoms with Gasteiger partial charge in [0.15, 0.2) is 17.3 Å². The summed E-state index contributed by atoms with van der Waals surface area (Å²) in [6.07, 6.45) is 3.42. The van der Waals surface area contributed by atoms with E-state index in [9.17, 15) is 4.79 Å². The van der Waals surface area contributed by atoms with Crippen molar-refractivity contribution in [1.82, 2.24) is 0 Å². The van der Waals surface area contributed by atoms with Crippen LogP contribution < -0.4 is 23.7 Å². The Labute approximate surface area is 192 Å². The van der Waals surface area contributed by atoms with E-state index in [1.807, 2.05) is 24.3 Å². The average molecular weight is 444 g/mol. The van der Waals surface area contributed by atoms with Gasteiger partial charge in [0.1, 0.15) is 18.1 Å². The van der Waals surface area contributed by atoms with Crippen molar-refractivity contribution in [2.75, 3.05) is 21.3 Å². The molecule has 0 atom stereocenters. The lowest BCUT2D eigenvalue weighted by atomic mass is 10.1. The third-order valence-electron chi connectivity index (χ3n) is 5.28. The fourth-order valence-electron chi connectivity index (χ4n) is 3.55. The summed E-state index contributed by atoms with van der Waals surface area (Å²) in [7, 11) is 4.60. The van der Waals surface area contributed by atoms with Gasteiger partial charge in [-0.1, -0.05) is 36.9 Å². The predicted octanol–water partition coefficient (Wildman–Crippen LogP) is 5.55. The first-order chi connectivity index (χ1) is 16.1. The molecule has 0 N–H and O–H groups in total. The minimum atomic E-state index is -0.214. The molecule has 3 aromatic rings. The molecule has 1 aliphatic heterocycles. The van der Waals surface area contributed by atoms with E-state index in [2.05, 4.69) is 6.58 Å². The van der Waals surface area contributed by atoms with Crippen molar-refractivity contribution in [1.29, 1.82) is 0 Å². The molecule has 3 aromatic carbocycles. The monoisotopic (exact) mass is 444 g/mol. The van der Waals surface area contributed by atoms with Crippen LogP contribution in [0, 0.1) is 0 Å². The number of hydrogen-bond acceptors (Lipinski definition) is 6. The van der Waals surface area contributed by atoms with Crippen molar-refractivity contribution in [3.63, 3.8) is 0 Å². The number of hydrogen-bond donors (Lipinski definition) is 0. The molecular weight excluding hydrogens is 420 g/mol. The van der Waals surface area contributed by atoms with E-state index in [4.69, 9.17) is 23.7 Å². The van der Waals surface area contributed by atoms with Crippen LogP contribution in [0.1, 0.15) is 27.0 Å². The van der Waals surface area contributed by atoms with Crippen molar-refractivity contribution in [2.45, 2.75) is 6.61 Å². The van der Waals surface area contributed by atoms with Crippen LogP contribution in [0.5, 0.6) is 28.7 Å². The van der Waals surface area contributed by atoms with Crippen LogP contribution in [0.3, 0.4) is 0 Å². The molecule has 0 radical (unpaired) electrons. The van der Waals surface area contributed by atoms with Gasteiger partial charge in [0, 0.05) is 11.6 Å². The van der Waals surface area contributed by atoms with Crippen LogP contribution >= 0.6 is 0 Å². The molecule has 0 saturated carbocycles. The highest BCUT2D eigenvalue weighted by Crippen LogP contribution is 2.42. The largest absolute Gasteiger partial charge is 0.493 e. The summed E-state index contributed by atoms with van der Waals surface area (Å²) in [4.78, 5) is 12.9. The Kier molecular flexibility index (Phi) is 6.36. The summed E-state index contributed by atoms with van der Waals surface area (Å²) >= 11 is 0. The number of methoxy groups -OCH3 is 3. The second kappa shape index (κ2) is 9.53. The smallest absolute Gasteiger partial charge is 0.231 e. The molecule has 1 aliphatic rings. The first-order valence-electron chi connectivity index (χ1n) is 10.3. The van der Waals surface area contributed by atoms with Gasteiger partial charge >= 0.3 is 0 Å². The predicted molar refractivity (Wildman–Crippen MR) is 126 cm³/mol. The van der Waals surface area contributed by atoms with Crippen LogP contribution in [0.4, 0.5) is 0 Å². The highest BCUT2D eigenvalue weighted by Gasteiger charge is 2.28. The zero-order chi connectivity index (χ0) is 23.4. The van der Waals surface area contributed by atoms with Gasteiger partial charge in [-0.05, 0) is 41.5 Å². The zero-order valence-corrected chi connectivity index (χ0v) is 18.7. The number of carbonyl (C=O) groups excluding carboxylic acids is 1. The zero-order valence-electron chi connectivity index (χ0n) is 18.7. The minimum Gasteiger partial charge on any atom is -0.493 e. The van der Waals surface area contributed by atoms with E-state index < -0.39 is 0 Å². The Morgan fingerprint density at radius 3 is 2.33 bits per heavy atom. The van der Waals surface area contributed by atoms with Gasteiger partial charge in [-0.25, -0.2) is 0 Å². The second-order valence-corrected chi connectivity index (χ2v) is 7.26. The molecule has 6 nitrogen and oxygen atoms in total. The van der Waals surface area contributed by atoms with Gasteiger partial charge in [0.05, 0.1) is 26.9 Å². The number of ketones is 1. The summed E-state index contributed by atoms with van der Waals surface area (Å²) < 4.78 is 28.0. The number of Topliss-reactive ketones (excluding diaryl/α,β-unsaturated/α-hetero) is 1. The molecule has 33 heavy (non-hydrogen) atoms. The molecule has 0 spiro atoms. The quantitative estimate of drug-likeness (QED) is 0.425. The number of rotatable bonds is 8. The van der Waals surface area contributed by atoms with E-state index in [0.717, 1.165) is 11.1 Å². The lowest BCUT2D eigenvalue weighted by Crippen LogP contribution is -2.00. The molecule has 0 aliphatic carbocycles. The van der Waals surface area contributed by atoms with E-state index in [0.29, 0.717) is 46.5 Å². The first kappa shape index (κ1) is 22.0. The third kappa shape index (κ3) is 4.41. The maximum absolute atomic E-state index is 12.9. The Balaban J connectivity index is 1.55. The molecule has 168 valence electrons. The van der Waals surface area contributed by atoms with Gasteiger partial charge < -0.3 is 23.7 Å². The van der Waals surface area contributed by atoms with Crippen molar-refractivity contribution in [2.24, 2.45) is 0 Å². The average Bonchev–Trinajstić information content (AvgIpc) is 3.16. The van der Waals surface area contributed by atoms with Gasteiger partial charge in [-0.3, -0.25) is 4.79 Å². The number of carbonyl (C=O) groups is 1. The molecule has 0 unspecified atom stereocenters. The third-order valence-corrected chi connectivity index (χ3v) is 5.28. The van der Waals surface area contributed by atoms with Crippen LogP contribution in [-0.4, -0.2) is 27.1 Å². The molecule has 6 heteroatoms. The molecule has 0 saturated heterocycles. The lowest BCUT2D eigenvalue weighted by Gasteiger charge is -2.14. The molecule has 1 heterocycles. The van der Waals surface area contributed by atoms with Gasteiger partial charge in [0.2, 0.25) is 11.5 Å². The Morgan fingerprint density at radius 1 is 0.909 bits per heavy atom. The highest BCUT2D eigenvalue weighted by atomic mass is 16.5. The van der Waals surface area contributed by atoms with Crippen molar-refractivity contribution < 1.29 is 28.5 Å². The van der Waals surface area contributed by atoms with E-state index in [-0.39, 0.29) is 11.5 Å². The van der Waals surface area contributed by atoms with Crippen molar-refractivity contribution >= 4 is 17.9 Å².